The molecule has 0 atom stereocenters. The maximum absolute atomic E-state index is 9.86. The lowest BCUT2D eigenvalue weighted by atomic mass is 10.4. The smallest absolute Gasteiger partial charge is 0.411 e. The van der Waals surface area contributed by atoms with Crippen molar-refractivity contribution < 1.29 is 9.90 Å². The van der Waals surface area contributed by atoms with E-state index >= 15 is 0 Å². The van der Waals surface area contributed by atoms with Gasteiger partial charge in [-0.25, -0.2) is 4.79 Å². The van der Waals surface area contributed by atoms with Crippen LogP contribution in [0.2, 0.25) is 0 Å². The molecule has 8 heavy (non-hydrogen) atoms. The molecule has 1 rings (SSSR count). The molecule has 0 aromatic rings. The zero-order valence-corrected chi connectivity index (χ0v) is 4.89. The molecule has 0 saturated carbocycles. The van der Waals surface area contributed by atoms with Crippen molar-refractivity contribution in [1.82, 2.24) is 4.90 Å². The van der Waals surface area contributed by atoms with Crippen LogP contribution in [0.3, 0.4) is 0 Å². The first-order valence-electron chi connectivity index (χ1n) is 1.97. The second-order valence-corrected chi connectivity index (χ2v) is 1.32. The van der Waals surface area contributed by atoms with E-state index in [0.29, 0.717) is 6.54 Å². The Labute approximate surface area is 53.0 Å². The molecule has 0 aromatic heterocycles. The quantitative estimate of drug-likeness (QED) is 0.537. The summed E-state index contributed by atoms with van der Waals surface area (Å²) in [7, 11) is 0. The van der Waals surface area contributed by atoms with Crippen molar-refractivity contribution in [2.75, 3.05) is 6.54 Å². The third kappa shape index (κ3) is 1.13. The standard InChI is InChI=1S/C4H5NO2.ClH/c6-4(7)5-2-1-3-5;/h1-2H,3H2,(H,6,7);1H. The van der Waals surface area contributed by atoms with Crippen LogP contribution in [-0.4, -0.2) is 22.6 Å². The minimum atomic E-state index is -0.873. The minimum absolute atomic E-state index is 0. The van der Waals surface area contributed by atoms with Gasteiger partial charge in [-0.15, -0.1) is 12.4 Å². The van der Waals surface area contributed by atoms with Crippen LogP contribution in [0.15, 0.2) is 12.3 Å². The van der Waals surface area contributed by atoms with E-state index in [0.717, 1.165) is 0 Å². The van der Waals surface area contributed by atoms with Crippen molar-refractivity contribution in [3.8, 4) is 0 Å². The first kappa shape index (κ1) is 7.30. The summed E-state index contributed by atoms with van der Waals surface area (Å²) in [5.74, 6) is 0. The minimum Gasteiger partial charge on any atom is -0.465 e. The van der Waals surface area contributed by atoms with Crippen LogP contribution < -0.4 is 0 Å². The highest BCUT2D eigenvalue weighted by Crippen LogP contribution is 1.99. The number of halogens is 1. The van der Waals surface area contributed by atoms with Crippen LogP contribution in [0, 0.1) is 0 Å². The largest absolute Gasteiger partial charge is 0.465 e. The molecule has 3 nitrogen and oxygen atoms in total. The maximum atomic E-state index is 9.86. The number of hydrogen-bond acceptors (Lipinski definition) is 1. The Morgan fingerprint density at radius 2 is 2.25 bits per heavy atom. The highest BCUT2D eigenvalue weighted by Gasteiger charge is 2.10. The lowest BCUT2D eigenvalue weighted by Crippen LogP contribution is -2.29. The van der Waals surface area contributed by atoms with Gasteiger partial charge in [0.05, 0.1) is 0 Å². The number of rotatable bonds is 0. The number of amides is 1. The normalized spacial score (nSPS) is 14.2. The first-order valence-corrected chi connectivity index (χ1v) is 1.97. The molecule has 0 radical (unpaired) electrons. The Morgan fingerprint density at radius 3 is 2.25 bits per heavy atom. The summed E-state index contributed by atoms with van der Waals surface area (Å²) < 4.78 is 0. The van der Waals surface area contributed by atoms with E-state index in [1.807, 2.05) is 0 Å². The van der Waals surface area contributed by atoms with E-state index in [2.05, 4.69) is 0 Å². The molecule has 0 bridgehead atoms. The number of carboxylic acid groups (broad SMARTS) is 1. The Bertz CT molecular complexity index is 123. The molecule has 1 aliphatic rings. The number of nitrogens with zero attached hydrogens (tertiary/aromatic N) is 1. The van der Waals surface area contributed by atoms with Gasteiger partial charge < -0.3 is 5.11 Å². The van der Waals surface area contributed by atoms with E-state index in [-0.39, 0.29) is 12.4 Å². The van der Waals surface area contributed by atoms with Gasteiger partial charge in [-0.05, 0) is 6.08 Å². The highest BCUT2D eigenvalue weighted by atomic mass is 35.5. The summed E-state index contributed by atoms with van der Waals surface area (Å²) in [5.41, 5.74) is 0. The molecule has 1 aliphatic heterocycles. The van der Waals surface area contributed by atoms with Gasteiger partial charge >= 0.3 is 6.09 Å². The Hall–Kier alpha value is -0.700. The first-order chi connectivity index (χ1) is 3.30. The third-order valence-corrected chi connectivity index (χ3v) is 0.833. The van der Waals surface area contributed by atoms with Crippen molar-refractivity contribution in [3.05, 3.63) is 12.3 Å². The molecular formula is C4H6ClNO2. The second-order valence-electron chi connectivity index (χ2n) is 1.32. The van der Waals surface area contributed by atoms with Gasteiger partial charge in [0, 0.05) is 12.7 Å². The molecule has 0 saturated heterocycles. The summed E-state index contributed by atoms with van der Waals surface area (Å²) in [6.45, 7) is 0.551. The summed E-state index contributed by atoms with van der Waals surface area (Å²) in [6.07, 6.45) is 2.44. The van der Waals surface area contributed by atoms with E-state index in [9.17, 15) is 4.79 Å². The van der Waals surface area contributed by atoms with Gasteiger partial charge in [0.25, 0.3) is 0 Å². The van der Waals surface area contributed by atoms with E-state index in [4.69, 9.17) is 5.11 Å². The van der Waals surface area contributed by atoms with Crippen LogP contribution in [-0.2, 0) is 0 Å². The average Bonchev–Trinajstić information content (AvgIpc) is 1.23. The van der Waals surface area contributed by atoms with Crippen LogP contribution in [0.25, 0.3) is 0 Å². The second kappa shape index (κ2) is 2.57. The molecule has 0 unspecified atom stereocenters. The lowest BCUT2D eigenvalue weighted by molar-refractivity contribution is 0.162. The van der Waals surface area contributed by atoms with Crippen LogP contribution in [0.5, 0.6) is 0 Å². The zero-order valence-electron chi connectivity index (χ0n) is 4.07. The van der Waals surface area contributed by atoms with Crippen LogP contribution >= 0.6 is 12.4 Å². The number of hydrogen-bond donors (Lipinski definition) is 1. The summed E-state index contributed by atoms with van der Waals surface area (Å²) in [6, 6.07) is 0. The van der Waals surface area contributed by atoms with E-state index in [1.54, 1.807) is 6.08 Å². The summed E-state index contributed by atoms with van der Waals surface area (Å²) in [5, 5.41) is 8.11. The molecule has 0 aromatic carbocycles. The van der Waals surface area contributed by atoms with Crippen molar-refractivity contribution >= 4 is 18.5 Å². The fraction of sp³-hybridized carbons (Fsp3) is 0.250. The SMILES string of the molecule is Cl.O=C(O)N1C=CC1. The highest BCUT2D eigenvalue weighted by molar-refractivity contribution is 5.85. The van der Waals surface area contributed by atoms with Gasteiger partial charge in [-0.2, -0.15) is 0 Å². The summed E-state index contributed by atoms with van der Waals surface area (Å²) >= 11 is 0. The average molecular weight is 136 g/mol. The fourth-order valence-electron chi connectivity index (χ4n) is 0.353. The molecular weight excluding hydrogens is 130 g/mol. The monoisotopic (exact) mass is 135 g/mol. The van der Waals surface area contributed by atoms with E-state index in [1.165, 1.54) is 11.1 Å². The Morgan fingerprint density at radius 1 is 1.75 bits per heavy atom. The predicted molar refractivity (Wildman–Crippen MR) is 31.1 cm³/mol. The predicted octanol–water partition coefficient (Wildman–Crippen LogP) is 0.916. The van der Waals surface area contributed by atoms with E-state index < -0.39 is 6.09 Å². The maximum Gasteiger partial charge on any atom is 0.411 e. The fourth-order valence-corrected chi connectivity index (χ4v) is 0.353. The topological polar surface area (TPSA) is 40.5 Å². The van der Waals surface area contributed by atoms with Crippen molar-refractivity contribution in [3.63, 3.8) is 0 Å². The third-order valence-electron chi connectivity index (χ3n) is 0.833. The van der Waals surface area contributed by atoms with Crippen molar-refractivity contribution in [2.45, 2.75) is 0 Å². The summed E-state index contributed by atoms with van der Waals surface area (Å²) in [4.78, 5) is 11.1. The molecule has 1 amide bonds. The lowest BCUT2D eigenvalue weighted by Gasteiger charge is -2.17. The molecule has 0 fully saturated rings. The number of carbonyl (C=O) groups is 1. The van der Waals surface area contributed by atoms with Gasteiger partial charge in [0.2, 0.25) is 0 Å². The van der Waals surface area contributed by atoms with Crippen LogP contribution in [0.4, 0.5) is 4.79 Å². The van der Waals surface area contributed by atoms with Crippen LogP contribution in [0.1, 0.15) is 0 Å². The van der Waals surface area contributed by atoms with Gasteiger partial charge in [0.1, 0.15) is 0 Å². The molecule has 4 heteroatoms. The van der Waals surface area contributed by atoms with Crippen molar-refractivity contribution in [2.24, 2.45) is 0 Å². The van der Waals surface area contributed by atoms with Gasteiger partial charge in [-0.3, -0.25) is 4.90 Å². The molecule has 46 valence electrons. The van der Waals surface area contributed by atoms with Crippen molar-refractivity contribution in [1.29, 1.82) is 0 Å². The molecule has 1 N–H and O–H groups in total. The molecule has 0 aliphatic carbocycles. The molecule has 1 heterocycles. The zero-order chi connectivity index (χ0) is 5.28. The Kier molecular flexibility index (Phi) is 2.34. The molecule has 0 spiro atoms. The van der Waals surface area contributed by atoms with Gasteiger partial charge in [0.15, 0.2) is 0 Å². The van der Waals surface area contributed by atoms with Gasteiger partial charge in [-0.1, -0.05) is 0 Å². The Balaban J connectivity index is 0.000000490.